The molecule has 45 heteroatoms. The van der Waals surface area contributed by atoms with Crippen molar-refractivity contribution in [3.05, 3.63) is 146 Å². The lowest BCUT2D eigenvalue weighted by atomic mass is 9.73. The normalized spacial score (nSPS) is 14.8. The van der Waals surface area contributed by atoms with Crippen LogP contribution in [0.1, 0.15) is 138 Å². The number of carbonyl (C=O) groups is 15. The number of Topliss-reactive ketones (excluding diaryl/α,β-unsaturated/α-hetero) is 2. The molecule has 0 spiro atoms. The molecule has 0 radical (unpaired) electrons. The number of allylic oxidation sites excluding steroid dienone is 2. The van der Waals surface area contributed by atoms with Gasteiger partial charge in [0.1, 0.15) is 60.4 Å². The number of H-pyrrole nitrogens is 3. The summed E-state index contributed by atoms with van der Waals surface area (Å²) in [5.74, 6) is -11.7. The van der Waals surface area contributed by atoms with Crippen molar-refractivity contribution in [2.24, 2.45) is 10.5 Å². The van der Waals surface area contributed by atoms with Crippen LogP contribution in [0.25, 0.3) is 21.6 Å². The molecule has 0 aliphatic heterocycles. The van der Waals surface area contributed by atoms with Crippen molar-refractivity contribution < 1.29 is 92.0 Å². The molecule has 11 atom stereocenters. The topological polar surface area (TPSA) is 686 Å². The summed E-state index contributed by atoms with van der Waals surface area (Å²) in [6, 6.07) is -1.57. The van der Waals surface area contributed by atoms with Gasteiger partial charge in [-0.3, -0.25) is 72.1 Å². The number of benzene rings is 2. The second-order valence-electron chi connectivity index (χ2n) is 30.1. The zero-order chi connectivity index (χ0) is 91.5. The van der Waals surface area contributed by atoms with Crippen molar-refractivity contribution in [2.75, 3.05) is 44.4 Å². The predicted molar refractivity (Wildman–Crippen MR) is 445 cm³/mol. The summed E-state index contributed by atoms with van der Waals surface area (Å²) < 4.78 is 5.00. The molecule has 6 aromatic rings. The van der Waals surface area contributed by atoms with E-state index in [1.165, 1.54) is 62.4 Å². The molecule has 1 saturated carbocycles. The Hall–Kier alpha value is -14.5. The number of unbranched alkanes of at least 4 members (excludes halogenated alkanes) is 2. The second-order valence-corrected chi connectivity index (χ2v) is 30.1. The summed E-state index contributed by atoms with van der Waals surface area (Å²) in [6.45, 7) is 6.16. The number of imidazole rings is 2. The molecule has 0 saturated heterocycles. The molecule has 1 aliphatic carbocycles. The average Bonchev–Trinajstić information content (AvgIpc) is 0.943. The van der Waals surface area contributed by atoms with E-state index in [2.05, 4.69) is 125 Å². The Bertz CT molecular complexity index is 4990. The molecular formula is C80H103N25O20. The third-order valence-corrected chi connectivity index (χ3v) is 19.6. The summed E-state index contributed by atoms with van der Waals surface area (Å²) >= 11 is 0. The number of hydrogen-bond acceptors (Lipinski definition) is 28. The maximum atomic E-state index is 14.4. The minimum absolute atomic E-state index is 0.00186. The fraction of sp³-hybridized carbons (Fsp3) is 0.463. The Balaban J connectivity index is 0.935. The van der Waals surface area contributed by atoms with Gasteiger partial charge in [-0.05, 0) is 100 Å². The summed E-state index contributed by atoms with van der Waals surface area (Å²) in [6.07, 6.45) is 9.46. The van der Waals surface area contributed by atoms with Crippen LogP contribution in [0.5, 0.6) is 0 Å². The van der Waals surface area contributed by atoms with Crippen molar-refractivity contribution in [1.82, 2.24) is 104 Å². The number of aliphatic hydroxyl groups is 2. The van der Waals surface area contributed by atoms with Gasteiger partial charge in [-0.2, -0.15) is 4.98 Å². The number of hydrogen-bond donors (Lipinski definition) is 20. The highest BCUT2D eigenvalue weighted by Gasteiger charge is 2.39. The lowest BCUT2D eigenvalue weighted by Gasteiger charge is -2.29. The number of nitrogens with zero attached hydrogens (tertiary/aromatic N) is 8. The number of amides is 11. The van der Waals surface area contributed by atoms with Gasteiger partial charge in [0.15, 0.2) is 22.7 Å². The molecule has 1 aliphatic rings. The number of anilines is 2. The highest BCUT2D eigenvalue weighted by Crippen LogP contribution is 2.34. The average molecular weight is 1730 g/mol. The van der Waals surface area contributed by atoms with Crippen LogP contribution in [0.4, 0.5) is 11.6 Å². The van der Waals surface area contributed by atoms with E-state index in [1.807, 2.05) is 13.8 Å². The first kappa shape index (κ1) is 97.6. The molecule has 125 heavy (non-hydrogen) atoms. The molecular weight excluding hydrogens is 1630 g/mol. The van der Waals surface area contributed by atoms with Crippen molar-refractivity contribution >= 4 is 111 Å². The van der Waals surface area contributed by atoms with E-state index in [0.717, 1.165) is 14.0 Å². The smallest absolute Gasteiger partial charge is 0.328 e. The number of nitrogens with one attached hydrogen (secondary N) is 16. The summed E-state index contributed by atoms with van der Waals surface area (Å²) in [5, 5.41) is 68.2. The van der Waals surface area contributed by atoms with Crippen LogP contribution >= 0.6 is 0 Å². The van der Waals surface area contributed by atoms with Crippen molar-refractivity contribution in [2.45, 2.75) is 198 Å². The Morgan fingerprint density at radius 1 is 0.648 bits per heavy atom. The third kappa shape index (κ3) is 31.1. The number of nitrogens with two attached hydrogens (primary N) is 1. The van der Waals surface area contributed by atoms with Crippen LogP contribution < -0.4 is 80.4 Å². The number of aliphatic hydroxyl groups excluding tert-OH is 2. The number of terminal acetylenes is 1. The van der Waals surface area contributed by atoms with Crippen LogP contribution in [0.2, 0.25) is 0 Å². The first-order chi connectivity index (χ1) is 59.6. The van der Waals surface area contributed by atoms with E-state index in [4.69, 9.17) is 22.4 Å². The van der Waals surface area contributed by atoms with Gasteiger partial charge in [0.25, 0.3) is 11.5 Å². The Kier molecular flexibility index (Phi) is 37.6. The van der Waals surface area contributed by atoms with Crippen molar-refractivity contribution in [3.63, 3.8) is 0 Å². The maximum absolute atomic E-state index is 14.4. The predicted octanol–water partition coefficient (Wildman–Crippen LogP) is -2.41. The van der Waals surface area contributed by atoms with E-state index in [9.17, 15) is 92.0 Å². The molecule has 1 fully saturated rings. The van der Waals surface area contributed by atoms with Crippen molar-refractivity contribution in [3.8, 4) is 12.3 Å². The van der Waals surface area contributed by atoms with Gasteiger partial charge in [-0.25, -0.2) is 29.5 Å². The first-order valence-electron chi connectivity index (χ1n) is 39.8. The molecule has 45 nitrogen and oxygen atoms in total. The van der Waals surface area contributed by atoms with Gasteiger partial charge in [-0.1, -0.05) is 55.7 Å². The van der Waals surface area contributed by atoms with Gasteiger partial charge < -0.3 is 105 Å². The summed E-state index contributed by atoms with van der Waals surface area (Å²) in [7, 11) is 1.14. The second kappa shape index (κ2) is 48.2. The number of rotatable bonds is 49. The van der Waals surface area contributed by atoms with Gasteiger partial charge in [0.2, 0.25) is 65.0 Å². The number of aliphatic carboxylic acids is 1. The molecule has 2 aromatic carbocycles. The summed E-state index contributed by atoms with van der Waals surface area (Å²) in [4.78, 5) is 248. The number of carbonyl (C=O) groups excluding carboxylic acids is 14. The highest BCUT2D eigenvalue weighted by molar-refractivity contribution is 6.22. The van der Waals surface area contributed by atoms with Crippen LogP contribution in [0.3, 0.4) is 0 Å². The first-order valence-corrected chi connectivity index (χ1v) is 39.8. The largest absolute Gasteiger partial charge is 0.480 e. The number of esters is 1. The van der Waals surface area contributed by atoms with Gasteiger partial charge in [0.05, 0.1) is 63.0 Å². The zero-order valence-corrected chi connectivity index (χ0v) is 69.4. The molecule has 4 aromatic heterocycles. The van der Waals surface area contributed by atoms with E-state index in [0.29, 0.717) is 42.0 Å². The monoisotopic (exact) mass is 1730 g/mol. The number of fused-ring (bicyclic) bond motifs is 1. The number of azide groups is 1. The van der Waals surface area contributed by atoms with E-state index < -0.39 is 193 Å². The number of aromatic nitrogens is 8. The lowest BCUT2D eigenvalue weighted by molar-refractivity contribution is -0.145. The molecule has 0 bridgehead atoms. The minimum Gasteiger partial charge on any atom is -0.480 e. The number of methoxy groups -OCH3 is 1. The number of nitrogen functional groups attached to an aromatic ring is 1. The Morgan fingerprint density at radius 2 is 1.22 bits per heavy atom. The van der Waals surface area contributed by atoms with Crippen LogP contribution in [-0.4, -0.2) is 244 Å². The number of carboxylic acids is 1. The molecule has 11 amide bonds. The fourth-order valence-corrected chi connectivity index (χ4v) is 13.0. The quantitative estimate of drug-likeness (QED) is 0.00276. The Morgan fingerprint density at radius 3 is 1.82 bits per heavy atom. The zero-order valence-electron chi connectivity index (χ0n) is 69.4. The minimum atomic E-state index is -1.91. The SMILES string of the molecule is C#CC[C@H](NC(=O)CC[C@H](NC(=O)c1ccc(NCc2cnc3nc(N)[nH]c(=O)c3n2)cc1)C(=O)O)C(=O)N[C@H](Cc1cnc[nH]1)C(=O)N[C@H](CO)C(=O)N[C@H](Cc1cnc[nH]1)C(=O)N[C@@H](C(=O)N[C@H](C)C(=O)N[C@@H](CCCCN=[N+]=[N-])C(=O)NCC(=O)N[C@@H](Cc1ccccc1)C(=O)N[C@@H](CCCCNC(C)=C1C(=O)CC(C)(C)CC1=O)C(=O)OC)[C@H](C)O. The van der Waals surface area contributed by atoms with E-state index in [1.54, 1.807) is 37.3 Å². The van der Waals surface area contributed by atoms with Gasteiger partial charge >= 0.3 is 11.9 Å². The molecule has 21 N–H and O–H groups in total. The molecule has 0 unspecified atom stereocenters. The number of ether oxygens (including phenoxy) is 1. The highest BCUT2D eigenvalue weighted by atomic mass is 16.5. The van der Waals surface area contributed by atoms with E-state index >= 15 is 0 Å². The molecule has 668 valence electrons. The van der Waals surface area contributed by atoms with Crippen LogP contribution in [-0.2, 0) is 97.7 Å². The van der Waals surface area contributed by atoms with E-state index in [-0.39, 0.29) is 116 Å². The fourth-order valence-electron chi connectivity index (χ4n) is 13.0. The molecule has 4 heterocycles. The van der Waals surface area contributed by atoms with Crippen LogP contribution in [0.15, 0.2) is 107 Å². The Labute approximate surface area is 715 Å². The number of aromatic amines is 3. The number of carboxylic acid groups (broad SMARTS) is 1. The van der Waals surface area contributed by atoms with Crippen molar-refractivity contribution in [1.29, 1.82) is 0 Å². The van der Waals surface area contributed by atoms with Gasteiger partial charge in [0, 0.05) is 104 Å². The lowest BCUT2D eigenvalue weighted by Crippen LogP contribution is -2.62. The van der Waals surface area contributed by atoms with Crippen LogP contribution in [0, 0.1) is 17.8 Å². The molecule has 7 rings (SSSR count). The standard InChI is InChI=1S/C80H103N25O20/c1-8-16-51(94-61(110)26-25-53(77(122)123)97-68(113)46-21-23-47(24-22-46)86-36-50-37-87-66-65(93-50)76(121)104-79(81)103-66)70(115)99-56(30-48-34-83-40-89-48)72(117)101-58(39-106)74(119)100-57(31-49-35-84-41-90-49)73(118)102-64(44(4)107)75(120)92-43(3)67(112)96-52(19-13-15-28-91-105-82)69(114)88-38-62(111)95-55(29-45-17-10-9-11-18-45)71(116)98-54(78(124)125-7)20-12-14-27-85-42(2)63-59(108)32-80(5,6)33-60(63)109/h1,9-11,17-18,21-24,34-35,37,40-41,43-44,51-58,64,85-86,106-107H,12-16,19-20,25-33,36,38-39H2,2-7H3,(H,83,89)(H,84,90)(H,88,114)(H,92,120)(H,94,110)(H,95,111)(H,96,112)(H,97,113)(H,98,116)(H,99,115)(H,100,119)(H,101,117)(H,102,118)(H,122,123)(H3,81,87,103,104,121)/t43-,44+,51+,52+,53+,54+,55+,56-,57-,58-,64-/m1/s1. The third-order valence-electron chi connectivity index (χ3n) is 19.6. The summed E-state index contributed by atoms with van der Waals surface area (Å²) in [5.41, 5.74) is 16.0. The maximum Gasteiger partial charge on any atom is 0.328 e. The van der Waals surface area contributed by atoms with Gasteiger partial charge in [-0.15, -0.1) is 12.3 Å². The number of ketones is 2.